The summed E-state index contributed by atoms with van der Waals surface area (Å²) in [5, 5.41) is 8.36. The van der Waals surface area contributed by atoms with E-state index in [9.17, 15) is 4.79 Å². The van der Waals surface area contributed by atoms with Crippen molar-refractivity contribution in [3.05, 3.63) is 29.2 Å². The van der Waals surface area contributed by atoms with E-state index >= 15 is 0 Å². The van der Waals surface area contributed by atoms with Crippen molar-refractivity contribution in [1.82, 2.24) is 24.8 Å². The van der Waals surface area contributed by atoms with Crippen molar-refractivity contribution in [2.24, 2.45) is 13.0 Å². The summed E-state index contributed by atoms with van der Waals surface area (Å²) in [5.74, 6) is 1.76. The largest absolute Gasteiger partial charge is 0.375 e. The Morgan fingerprint density at radius 3 is 2.86 bits per heavy atom. The lowest BCUT2D eigenvalue weighted by molar-refractivity contribution is -0.123. The Balaban J connectivity index is 1.34. The van der Waals surface area contributed by atoms with Crippen LogP contribution in [0.3, 0.4) is 0 Å². The quantitative estimate of drug-likeness (QED) is 0.752. The van der Waals surface area contributed by atoms with Crippen LogP contribution >= 0.6 is 0 Å². The van der Waals surface area contributed by atoms with Gasteiger partial charge in [0.15, 0.2) is 5.82 Å². The minimum absolute atomic E-state index is 0.0489. The molecule has 2 aromatic heterocycles. The first-order chi connectivity index (χ1) is 14.0. The van der Waals surface area contributed by atoms with Gasteiger partial charge < -0.3 is 18.9 Å². The van der Waals surface area contributed by atoms with Gasteiger partial charge in [-0.05, 0) is 44.6 Å². The van der Waals surface area contributed by atoms with Gasteiger partial charge in [0.1, 0.15) is 12.3 Å². The van der Waals surface area contributed by atoms with Gasteiger partial charge in [0.05, 0.1) is 11.3 Å². The van der Waals surface area contributed by atoms with Crippen molar-refractivity contribution < 1.29 is 18.8 Å². The number of rotatable bonds is 5. The molecule has 1 unspecified atom stereocenters. The van der Waals surface area contributed by atoms with Crippen LogP contribution in [-0.4, -0.2) is 63.1 Å². The fraction of sp³-hybridized carbons (Fsp3) is 0.700. The number of aromatic nitrogens is 4. The van der Waals surface area contributed by atoms with Crippen molar-refractivity contribution in [3.8, 4) is 0 Å². The van der Waals surface area contributed by atoms with Crippen molar-refractivity contribution >= 4 is 5.91 Å². The van der Waals surface area contributed by atoms with Crippen LogP contribution in [0.4, 0.5) is 0 Å². The normalized spacial score (nSPS) is 21.6. The molecule has 9 nitrogen and oxygen atoms in total. The minimum atomic E-state index is -0.152. The molecular formula is C20H29N5O4. The fourth-order valence-corrected chi connectivity index (χ4v) is 4.56. The second-order valence-electron chi connectivity index (χ2n) is 8.22. The van der Waals surface area contributed by atoms with Crippen molar-refractivity contribution in [2.45, 2.75) is 51.2 Å². The third-order valence-electron chi connectivity index (χ3n) is 6.03. The van der Waals surface area contributed by atoms with Crippen molar-refractivity contribution in [3.63, 3.8) is 0 Å². The third kappa shape index (κ3) is 4.35. The predicted octanol–water partition coefficient (Wildman–Crippen LogP) is 1.90. The number of hydrogen-bond acceptors (Lipinski definition) is 7. The Morgan fingerprint density at radius 2 is 2.17 bits per heavy atom. The highest BCUT2D eigenvalue weighted by Gasteiger charge is 2.41. The second kappa shape index (κ2) is 8.23. The minimum Gasteiger partial charge on any atom is -0.375 e. The molecule has 158 valence electrons. The average molecular weight is 403 g/mol. The standard InChI is InChI=1S/C20H29N5O4/c1-14-10-16(24(2)22-14)19(26)25-7-5-20(6-8-25)12-15(4-9-28-20)11-17-21-18(13-27-3)29-23-17/h10,15H,4-9,11-13H2,1-3H3. The molecule has 1 spiro atoms. The maximum absolute atomic E-state index is 12.9. The van der Waals surface area contributed by atoms with Crippen LogP contribution in [0.1, 0.15) is 53.6 Å². The summed E-state index contributed by atoms with van der Waals surface area (Å²) in [6.07, 6.45) is 4.45. The fourth-order valence-electron chi connectivity index (χ4n) is 4.56. The topological polar surface area (TPSA) is 95.5 Å². The molecule has 2 saturated heterocycles. The molecule has 2 aromatic rings. The first kappa shape index (κ1) is 20.0. The van der Waals surface area contributed by atoms with Gasteiger partial charge >= 0.3 is 0 Å². The number of piperidine rings is 1. The molecule has 0 aliphatic carbocycles. The summed E-state index contributed by atoms with van der Waals surface area (Å²) in [7, 11) is 3.43. The van der Waals surface area contributed by atoms with E-state index in [-0.39, 0.29) is 11.5 Å². The SMILES string of the molecule is COCc1nc(CC2CCOC3(CCN(C(=O)c4cc(C)nn4C)CC3)C2)no1. The number of carbonyl (C=O) groups excluding carboxylic acids is 1. The zero-order valence-corrected chi connectivity index (χ0v) is 17.4. The highest BCUT2D eigenvalue weighted by atomic mass is 16.5. The molecule has 1 amide bonds. The van der Waals surface area contributed by atoms with E-state index in [1.165, 1.54) is 0 Å². The highest BCUT2D eigenvalue weighted by molar-refractivity contribution is 5.92. The zero-order chi connectivity index (χ0) is 20.4. The van der Waals surface area contributed by atoms with Gasteiger partial charge in [-0.15, -0.1) is 0 Å². The molecule has 2 fully saturated rings. The lowest BCUT2D eigenvalue weighted by atomic mass is 9.78. The van der Waals surface area contributed by atoms with Crippen LogP contribution in [0.25, 0.3) is 0 Å². The number of hydrogen-bond donors (Lipinski definition) is 0. The Labute approximate surface area is 170 Å². The number of aryl methyl sites for hydroxylation is 2. The molecule has 0 saturated carbocycles. The maximum atomic E-state index is 12.9. The Morgan fingerprint density at radius 1 is 1.38 bits per heavy atom. The molecule has 0 bridgehead atoms. The summed E-state index contributed by atoms with van der Waals surface area (Å²) in [5.41, 5.74) is 1.35. The summed E-state index contributed by atoms with van der Waals surface area (Å²) in [4.78, 5) is 19.2. The van der Waals surface area contributed by atoms with E-state index in [4.69, 9.17) is 14.0 Å². The highest BCUT2D eigenvalue weighted by Crippen LogP contribution is 2.38. The first-order valence-corrected chi connectivity index (χ1v) is 10.2. The molecule has 4 rings (SSSR count). The lowest BCUT2D eigenvalue weighted by Crippen LogP contribution is -2.51. The molecule has 0 radical (unpaired) electrons. The molecule has 29 heavy (non-hydrogen) atoms. The molecule has 2 aliphatic rings. The van der Waals surface area contributed by atoms with Crippen LogP contribution in [0.15, 0.2) is 10.6 Å². The summed E-state index contributed by atoms with van der Waals surface area (Å²) >= 11 is 0. The number of ether oxygens (including phenoxy) is 2. The van der Waals surface area contributed by atoms with E-state index in [1.54, 1.807) is 11.8 Å². The van der Waals surface area contributed by atoms with Crippen LogP contribution in [0, 0.1) is 12.8 Å². The van der Waals surface area contributed by atoms with Gasteiger partial charge in [0.25, 0.3) is 11.8 Å². The van der Waals surface area contributed by atoms with Gasteiger partial charge in [0.2, 0.25) is 0 Å². The lowest BCUT2D eigenvalue weighted by Gasteiger charge is -2.46. The van der Waals surface area contributed by atoms with E-state index in [0.29, 0.717) is 37.2 Å². The van der Waals surface area contributed by atoms with E-state index in [1.807, 2.05) is 24.9 Å². The molecule has 2 aliphatic heterocycles. The summed E-state index contributed by atoms with van der Waals surface area (Å²) < 4.78 is 18.2. The smallest absolute Gasteiger partial charge is 0.272 e. The van der Waals surface area contributed by atoms with Crippen LogP contribution in [-0.2, 0) is 29.5 Å². The van der Waals surface area contributed by atoms with Gasteiger partial charge in [0, 0.05) is 40.3 Å². The van der Waals surface area contributed by atoms with Crippen LogP contribution in [0.2, 0.25) is 0 Å². The van der Waals surface area contributed by atoms with Gasteiger partial charge in [-0.2, -0.15) is 10.1 Å². The maximum Gasteiger partial charge on any atom is 0.272 e. The number of likely N-dealkylation sites (tertiary alicyclic amines) is 1. The van der Waals surface area contributed by atoms with E-state index in [2.05, 4.69) is 15.2 Å². The molecule has 9 heteroatoms. The van der Waals surface area contributed by atoms with Crippen LogP contribution < -0.4 is 0 Å². The summed E-state index contributed by atoms with van der Waals surface area (Å²) in [6.45, 7) is 4.39. The number of nitrogens with zero attached hydrogens (tertiary/aromatic N) is 5. The van der Waals surface area contributed by atoms with E-state index in [0.717, 1.165) is 50.2 Å². The Bertz CT molecular complexity index is 853. The zero-order valence-electron chi connectivity index (χ0n) is 17.4. The third-order valence-corrected chi connectivity index (χ3v) is 6.03. The first-order valence-electron chi connectivity index (χ1n) is 10.2. The van der Waals surface area contributed by atoms with Crippen LogP contribution in [0.5, 0.6) is 0 Å². The molecule has 0 N–H and O–H groups in total. The number of amides is 1. The number of methoxy groups -OCH3 is 1. The summed E-state index contributed by atoms with van der Waals surface area (Å²) in [6, 6.07) is 1.85. The second-order valence-corrected chi connectivity index (χ2v) is 8.22. The van der Waals surface area contributed by atoms with E-state index < -0.39 is 0 Å². The molecule has 0 aromatic carbocycles. The Kier molecular flexibility index (Phi) is 5.69. The molecular weight excluding hydrogens is 374 g/mol. The number of carbonyl (C=O) groups is 1. The van der Waals surface area contributed by atoms with Crippen molar-refractivity contribution in [2.75, 3.05) is 26.8 Å². The molecule has 1 atom stereocenters. The van der Waals surface area contributed by atoms with Gasteiger partial charge in [-0.25, -0.2) is 0 Å². The average Bonchev–Trinajstić information content (AvgIpc) is 3.27. The predicted molar refractivity (Wildman–Crippen MR) is 103 cm³/mol. The van der Waals surface area contributed by atoms with Gasteiger partial charge in [-0.1, -0.05) is 5.16 Å². The van der Waals surface area contributed by atoms with Gasteiger partial charge in [-0.3, -0.25) is 9.48 Å². The van der Waals surface area contributed by atoms with Crippen molar-refractivity contribution in [1.29, 1.82) is 0 Å². The monoisotopic (exact) mass is 403 g/mol. The molecule has 4 heterocycles. The Hall–Kier alpha value is -2.26.